The third-order valence-corrected chi connectivity index (χ3v) is 2.39. The Balaban J connectivity index is 2.86. The van der Waals surface area contributed by atoms with Gasteiger partial charge < -0.3 is 0 Å². The summed E-state index contributed by atoms with van der Waals surface area (Å²) in [4.78, 5) is -0.0110. The summed E-state index contributed by atoms with van der Waals surface area (Å²) >= 11 is 5.43. The molecule has 0 spiro atoms. The van der Waals surface area contributed by atoms with Crippen LogP contribution in [0.25, 0.3) is 0 Å². The molecule has 0 heterocycles. The van der Waals surface area contributed by atoms with E-state index in [-0.39, 0.29) is 16.7 Å². The lowest BCUT2D eigenvalue weighted by molar-refractivity contribution is -0.0328. The summed E-state index contributed by atoms with van der Waals surface area (Å²) in [5.41, 5.74) is -3.57. The van der Waals surface area contributed by atoms with E-state index in [1.165, 1.54) is 12.1 Å². The smallest absolute Gasteiger partial charge is 0.160 e. The Morgan fingerprint density at radius 1 is 1.46 bits per heavy atom. The minimum Gasteiger partial charge on any atom is -0.160 e. The van der Waals surface area contributed by atoms with E-state index in [4.69, 9.17) is 11.6 Å². The van der Waals surface area contributed by atoms with Gasteiger partial charge in [-0.05, 0) is 42.4 Å². The summed E-state index contributed by atoms with van der Waals surface area (Å²) in [5, 5.41) is 0.325. The predicted octanol–water partition coefficient (Wildman–Crippen LogP) is 4.06. The van der Waals surface area contributed by atoms with Gasteiger partial charge in [0.05, 0.1) is 0 Å². The van der Waals surface area contributed by atoms with Gasteiger partial charge in [0.15, 0.2) is 0 Å². The van der Waals surface area contributed by atoms with Crippen molar-refractivity contribution in [3.63, 3.8) is 0 Å². The zero-order valence-electron chi connectivity index (χ0n) is 6.57. The number of rotatable bonds is 1. The maximum Gasteiger partial charge on any atom is 0.446 e. The van der Waals surface area contributed by atoms with Crippen LogP contribution in [0.3, 0.4) is 0 Å². The Morgan fingerprint density at radius 3 is 2.54 bits per heavy atom. The molecule has 0 bridgehead atoms. The fourth-order valence-corrected chi connectivity index (χ4v) is 1.47. The number of halogens is 4. The zero-order chi connectivity index (χ0) is 10.1. The second-order valence-electron chi connectivity index (χ2n) is 2.38. The molecule has 0 aliphatic rings. The molecule has 0 nitrogen and oxygen atoms in total. The first-order valence-corrected chi connectivity index (χ1v) is 4.51. The third kappa shape index (κ3) is 3.48. The highest BCUT2D eigenvalue weighted by atomic mass is 35.5. The number of aryl methyl sites for hydroxylation is 1. The maximum absolute atomic E-state index is 11.9. The molecule has 1 aromatic rings. The van der Waals surface area contributed by atoms with Crippen molar-refractivity contribution in [3.8, 4) is 0 Å². The van der Waals surface area contributed by atoms with Gasteiger partial charge in [0, 0.05) is 9.92 Å². The van der Waals surface area contributed by atoms with Gasteiger partial charge >= 0.3 is 5.51 Å². The van der Waals surface area contributed by atoms with Crippen molar-refractivity contribution in [2.24, 2.45) is 0 Å². The van der Waals surface area contributed by atoms with Crippen LogP contribution in [-0.4, -0.2) is 5.51 Å². The van der Waals surface area contributed by atoms with E-state index in [0.717, 1.165) is 0 Å². The topological polar surface area (TPSA) is 0 Å². The number of hydrogen-bond acceptors (Lipinski definition) is 1. The number of thioether (sulfide) groups is 1. The average molecular weight is 226 g/mol. The Kier molecular flexibility index (Phi) is 3.14. The number of benzene rings is 1. The van der Waals surface area contributed by atoms with Crippen LogP contribution in [0.4, 0.5) is 13.2 Å². The quantitative estimate of drug-likeness (QED) is 0.650. The lowest BCUT2D eigenvalue weighted by Crippen LogP contribution is -1.98. The average Bonchev–Trinajstić information content (AvgIpc) is 1.94. The Bertz CT molecular complexity index is 309. The van der Waals surface area contributed by atoms with E-state index in [2.05, 4.69) is 6.07 Å². The molecule has 71 valence electrons. The first-order valence-electron chi connectivity index (χ1n) is 3.32. The molecule has 0 atom stereocenters. The van der Waals surface area contributed by atoms with E-state index in [9.17, 15) is 13.2 Å². The van der Waals surface area contributed by atoms with Gasteiger partial charge in [-0.15, -0.1) is 0 Å². The van der Waals surface area contributed by atoms with Gasteiger partial charge in [-0.1, -0.05) is 11.6 Å². The van der Waals surface area contributed by atoms with E-state index in [0.29, 0.717) is 10.6 Å². The molecule has 0 unspecified atom stereocenters. The monoisotopic (exact) mass is 225 g/mol. The van der Waals surface area contributed by atoms with Crippen molar-refractivity contribution in [1.29, 1.82) is 0 Å². The Labute approximate surface area is 83.1 Å². The first kappa shape index (κ1) is 10.7. The maximum atomic E-state index is 11.9. The van der Waals surface area contributed by atoms with Crippen molar-refractivity contribution in [1.82, 2.24) is 0 Å². The van der Waals surface area contributed by atoms with Crippen molar-refractivity contribution in [2.75, 3.05) is 0 Å². The molecule has 5 heteroatoms. The second kappa shape index (κ2) is 3.80. The lowest BCUT2D eigenvalue weighted by atomic mass is 10.2. The summed E-state index contributed by atoms with van der Waals surface area (Å²) in [5.74, 6) is 0. The molecule has 0 aliphatic carbocycles. The minimum atomic E-state index is -4.28. The van der Waals surface area contributed by atoms with Crippen molar-refractivity contribution in [2.45, 2.75) is 17.3 Å². The van der Waals surface area contributed by atoms with Gasteiger partial charge in [0.1, 0.15) is 0 Å². The molecular weight excluding hydrogens is 221 g/mol. The van der Waals surface area contributed by atoms with E-state index in [1.807, 2.05) is 0 Å². The van der Waals surface area contributed by atoms with Gasteiger partial charge in [-0.25, -0.2) is 0 Å². The summed E-state index contributed by atoms with van der Waals surface area (Å²) in [7, 11) is 0. The fraction of sp³-hybridized carbons (Fsp3) is 0.250. The molecular formula is C8H5ClF3S. The molecule has 1 rings (SSSR count). The van der Waals surface area contributed by atoms with Crippen LogP contribution in [0.2, 0.25) is 5.02 Å². The third-order valence-electron chi connectivity index (χ3n) is 1.29. The van der Waals surface area contributed by atoms with E-state index in [1.54, 1.807) is 6.92 Å². The Morgan fingerprint density at radius 2 is 2.08 bits per heavy atom. The van der Waals surface area contributed by atoms with Gasteiger partial charge in [0.25, 0.3) is 0 Å². The molecule has 0 aromatic heterocycles. The second-order valence-corrected chi connectivity index (χ2v) is 3.89. The van der Waals surface area contributed by atoms with Gasteiger partial charge in [-0.3, -0.25) is 0 Å². The van der Waals surface area contributed by atoms with Crippen LogP contribution < -0.4 is 0 Å². The van der Waals surface area contributed by atoms with Gasteiger partial charge in [-0.2, -0.15) is 13.2 Å². The van der Waals surface area contributed by atoms with Gasteiger partial charge in [0.2, 0.25) is 0 Å². The van der Waals surface area contributed by atoms with Crippen LogP contribution in [0.1, 0.15) is 5.56 Å². The minimum absolute atomic E-state index is 0.0110. The summed E-state index contributed by atoms with van der Waals surface area (Å²) in [6.07, 6.45) is 0. The van der Waals surface area contributed by atoms with Crippen molar-refractivity contribution < 1.29 is 13.2 Å². The highest BCUT2D eigenvalue weighted by molar-refractivity contribution is 8.00. The van der Waals surface area contributed by atoms with Crippen LogP contribution in [0.5, 0.6) is 0 Å². The largest absolute Gasteiger partial charge is 0.446 e. The highest BCUT2D eigenvalue weighted by Gasteiger charge is 2.29. The number of hydrogen-bond donors (Lipinski definition) is 0. The molecule has 13 heavy (non-hydrogen) atoms. The summed E-state index contributed by atoms with van der Waals surface area (Å²) < 4.78 is 35.6. The molecule has 0 saturated carbocycles. The van der Waals surface area contributed by atoms with E-state index < -0.39 is 5.51 Å². The number of alkyl halides is 3. The molecule has 0 saturated heterocycles. The summed E-state index contributed by atoms with van der Waals surface area (Å²) in [6, 6.07) is 5.19. The van der Waals surface area contributed by atoms with Crippen LogP contribution in [0, 0.1) is 13.0 Å². The fourth-order valence-electron chi connectivity index (χ4n) is 0.703. The zero-order valence-corrected chi connectivity index (χ0v) is 8.15. The molecule has 0 fully saturated rings. The molecule has 1 radical (unpaired) electrons. The van der Waals surface area contributed by atoms with E-state index >= 15 is 0 Å². The van der Waals surface area contributed by atoms with Crippen LogP contribution >= 0.6 is 23.4 Å². The SMILES string of the molecule is Cc1c[c]c(SC(F)(F)F)cc1Cl. The molecule has 0 aliphatic heterocycles. The standard InChI is InChI=1S/C8H5ClF3S/c1-5-2-3-6(4-7(5)9)13-8(10,11)12/h2,4H,1H3. The molecule has 0 N–H and O–H groups in total. The Hall–Kier alpha value is -0.350. The van der Waals surface area contributed by atoms with Crippen LogP contribution in [-0.2, 0) is 0 Å². The lowest BCUT2D eigenvalue weighted by Gasteiger charge is -2.05. The van der Waals surface area contributed by atoms with Crippen LogP contribution in [0.15, 0.2) is 17.0 Å². The first-order chi connectivity index (χ1) is 5.88. The normalized spacial score (nSPS) is 11.8. The van der Waals surface area contributed by atoms with Crippen molar-refractivity contribution in [3.05, 3.63) is 28.8 Å². The highest BCUT2D eigenvalue weighted by Crippen LogP contribution is 2.37. The molecule has 0 amide bonds. The predicted molar refractivity (Wildman–Crippen MR) is 46.9 cm³/mol. The molecule has 1 aromatic carbocycles. The summed E-state index contributed by atoms with van der Waals surface area (Å²) in [6.45, 7) is 1.71. The van der Waals surface area contributed by atoms with Crippen molar-refractivity contribution >= 4 is 23.4 Å².